The molecule has 0 bridgehead atoms. The van der Waals surface area contributed by atoms with Gasteiger partial charge >= 0.3 is 0 Å². The Labute approximate surface area is 116 Å². The van der Waals surface area contributed by atoms with Crippen LogP contribution in [0.3, 0.4) is 0 Å². The minimum Gasteiger partial charge on any atom is -0.325 e. The third-order valence-corrected chi connectivity index (χ3v) is 4.18. The summed E-state index contributed by atoms with van der Waals surface area (Å²) < 4.78 is 0. The molecular formula is C17H25NO. The largest absolute Gasteiger partial charge is 0.325 e. The van der Waals surface area contributed by atoms with Crippen molar-refractivity contribution in [3.8, 4) is 0 Å². The van der Waals surface area contributed by atoms with Gasteiger partial charge in [-0.15, -0.1) is 0 Å². The second-order valence-corrected chi connectivity index (χ2v) is 7.00. The van der Waals surface area contributed by atoms with E-state index in [0.717, 1.165) is 31.2 Å². The summed E-state index contributed by atoms with van der Waals surface area (Å²) in [6, 6.07) is 8.01. The van der Waals surface area contributed by atoms with Gasteiger partial charge in [-0.2, -0.15) is 0 Å². The van der Waals surface area contributed by atoms with Crippen LogP contribution >= 0.6 is 0 Å². The molecule has 2 rings (SSSR count). The van der Waals surface area contributed by atoms with Gasteiger partial charge in [-0.25, -0.2) is 0 Å². The number of rotatable bonds is 3. The first kappa shape index (κ1) is 14.3. The summed E-state index contributed by atoms with van der Waals surface area (Å²) in [5.41, 5.74) is 8.21. The predicted octanol–water partition coefficient (Wildman–Crippen LogP) is 3.83. The molecule has 1 saturated carbocycles. The van der Waals surface area contributed by atoms with Gasteiger partial charge < -0.3 is 5.73 Å². The second kappa shape index (κ2) is 5.09. The van der Waals surface area contributed by atoms with Crippen LogP contribution in [0, 0.1) is 0 Å². The van der Waals surface area contributed by atoms with Gasteiger partial charge in [0.25, 0.3) is 0 Å². The Hall–Kier alpha value is -1.15. The summed E-state index contributed by atoms with van der Waals surface area (Å²) in [5.74, 6) is 0.185. The van der Waals surface area contributed by atoms with Crippen LogP contribution < -0.4 is 5.73 Å². The van der Waals surface area contributed by atoms with Gasteiger partial charge in [-0.3, -0.25) is 4.79 Å². The summed E-state index contributed by atoms with van der Waals surface area (Å²) in [6.45, 7) is 6.53. The van der Waals surface area contributed by atoms with Crippen molar-refractivity contribution in [1.29, 1.82) is 0 Å². The highest BCUT2D eigenvalue weighted by molar-refractivity contribution is 5.96. The summed E-state index contributed by atoms with van der Waals surface area (Å²) >= 11 is 0. The highest BCUT2D eigenvalue weighted by Crippen LogP contribution is 2.31. The van der Waals surface area contributed by atoms with Crippen LogP contribution in [0.4, 0.5) is 0 Å². The average molecular weight is 259 g/mol. The van der Waals surface area contributed by atoms with E-state index in [1.54, 1.807) is 0 Å². The van der Waals surface area contributed by atoms with Crippen molar-refractivity contribution in [3.63, 3.8) is 0 Å². The van der Waals surface area contributed by atoms with Crippen molar-refractivity contribution in [1.82, 2.24) is 0 Å². The number of carbonyl (C=O) groups is 1. The van der Waals surface area contributed by atoms with Gasteiger partial charge in [0.15, 0.2) is 5.78 Å². The van der Waals surface area contributed by atoms with Crippen LogP contribution in [0.1, 0.15) is 68.8 Å². The van der Waals surface area contributed by atoms with E-state index in [1.807, 2.05) is 12.1 Å². The van der Waals surface area contributed by atoms with Gasteiger partial charge in [0.1, 0.15) is 0 Å². The molecule has 0 aliphatic heterocycles. The number of nitrogens with two attached hydrogens (primary N) is 1. The molecule has 2 nitrogen and oxygen atoms in total. The lowest BCUT2D eigenvalue weighted by molar-refractivity contribution is 0.0952. The molecule has 1 fully saturated rings. The van der Waals surface area contributed by atoms with E-state index in [-0.39, 0.29) is 16.7 Å². The van der Waals surface area contributed by atoms with Crippen LogP contribution in [0.5, 0.6) is 0 Å². The molecule has 0 aromatic heterocycles. The van der Waals surface area contributed by atoms with Crippen molar-refractivity contribution in [2.24, 2.45) is 5.73 Å². The number of benzene rings is 1. The molecular weight excluding hydrogens is 234 g/mol. The number of ketones is 1. The maximum Gasteiger partial charge on any atom is 0.164 e. The lowest BCUT2D eigenvalue weighted by Crippen LogP contribution is -2.38. The van der Waals surface area contributed by atoms with Crippen molar-refractivity contribution < 1.29 is 4.79 Å². The Morgan fingerprint density at radius 1 is 1.16 bits per heavy atom. The summed E-state index contributed by atoms with van der Waals surface area (Å²) in [4.78, 5) is 12.3. The van der Waals surface area contributed by atoms with Crippen molar-refractivity contribution >= 4 is 5.78 Å². The standard InChI is InChI=1S/C17H25NO/c1-16(2,3)14-8-6-13(7-9-14)15(19)12-17(18)10-4-5-11-17/h6-9H,4-5,10-12,18H2,1-3H3. The van der Waals surface area contributed by atoms with Gasteiger partial charge in [0.05, 0.1) is 0 Å². The molecule has 2 heteroatoms. The van der Waals surface area contributed by atoms with Crippen LogP contribution in [0.15, 0.2) is 24.3 Å². The van der Waals surface area contributed by atoms with E-state index >= 15 is 0 Å². The van der Waals surface area contributed by atoms with Crippen LogP contribution in [-0.2, 0) is 5.41 Å². The molecule has 0 radical (unpaired) electrons. The third-order valence-electron chi connectivity index (χ3n) is 4.18. The minimum atomic E-state index is -0.250. The lowest BCUT2D eigenvalue weighted by atomic mass is 9.85. The monoisotopic (exact) mass is 259 g/mol. The van der Waals surface area contributed by atoms with Gasteiger partial charge in [-0.05, 0) is 23.8 Å². The van der Waals surface area contributed by atoms with Crippen LogP contribution in [0.2, 0.25) is 0 Å². The van der Waals surface area contributed by atoms with E-state index in [2.05, 4.69) is 32.9 Å². The Morgan fingerprint density at radius 3 is 2.16 bits per heavy atom. The molecule has 0 spiro atoms. The minimum absolute atomic E-state index is 0.127. The van der Waals surface area contributed by atoms with Crippen LogP contribution in [0.25, 0.3) is 0 Å². The zero-order valence-electron chi connectivity index (χ0n) is 12.3. The maximum atomic E-state index is 12.3. The molecule has 0 unspecified atom stereocenters. The summed E-state index contributed by atoms with van der Waals surface area (Å²) in [6.07, 6.45) is 4.78. The van der Waals surface area contributed by atoms with Gasteiger partial charge in [0, 0.05) is 17.5 Å². The van der Waals surface area contributed by atoms with E-state index in [4.69, 9.17) is 5.73 Å². The first-order chi connectivity index (χ1) is 8.80. The number of hydrogen-bond donors (Lipinski definition) is 1. The van der Waals surface area contributed by atoms with E-state index in [0.29, 0.717) is 6.42 Å². The highest BCUT2D eigenvalue weighted by Gasteiger charge is 2.31. The molecule has 19 heavy (non-hydrogen) atoms. The normalized spacial score (nSPS) is 18.5. The molecule has 1 aliphatic carbocycles. The Balaban J connectivity index is 2.08. The zero-order valence-corrected chi connectivity index (χ0v) is 12.3. The SMILES string of the molecule is CC(C)(C)c1ccc(C(=O)CC2(N)CCCC2)cc1. The topological polar surface area (TPSA) is 43.1 Å². The molecule has 1 aromatic carbocycles. The first-order valence-corrected chi connectivity index (χ1v) is 7.23. The third kappa shape index (κ3) is 3.44. The molecule has 104 valence electrons. The van der Waals surface area contributed by atoms with E-state index in [1.165, 1.54) is 5.56 Å². The number of hydrogen-bond acceptors (Lipinski definition) is 2. The first-order valence-electron chi connectivity index (χ1n) is 7.23. The molecule has 1 aliphatic rings. The highest BCUT2D eigenvalue weighted by atomic mass is 16.1. The van der Waals surface area contributed by atoms with Crippen LogP contribution in [-0.4, -0.2) is 11.3 Å². The summed E-state index contributed by atoms with van der Waals surface area (Å²) in [5, 5.41) is 0. The average Bonchev–Trinajstić information content (AvgIpc) is 2.75. The Kier molecular flexibility index (Phi) is 3.82. The second-order valence-electron chi connectivity index (χ2n) is 7.00. The summed E-state index contributed by atoms with van der Waals surface area (Å²) in [7, 11) is 0. The van der Waals surface area contributed by atoms with Gasteiger partial charge in [-0.1, -0.05) is 57.9 Å². The zero-order chi connectivity index (χ0) is 14.1. The van der Waals surface area contributed by atoms with Crippen molar-refractivity contribution in [3.05, 3.63) is 35.4 Å². The Morgan fingerprint density at radius 2 is 1.68 bits per heavy atom. The maximum absolute atomic E-state index is 12.3. The lowest BCUT2D eigenvalue weighted by Gasteiger charge is -2.23. The number of Topliss-reactive ketones (excluding diaryl/α,β-unsaturated/α-hetero) is 1. The fourth-order valence-electron chi connectivity index (χ4n) is 2.83. The fourth-order valence-corrected chi connectivity index (χ4v) is 2.83. The van der Waals surface area contributed by atoms with Crippen molar-refractivity contribution in [2.45, 2.75) is 63.8 Å². The molecule has 0 saturated heterocycles. The smallest absolute Gasteiger partial charge is 0.164 e. The predicted molar refractivity (Wildman–Crippen MR) is 79.5 cm³/mol. The van der Waals surface area contributed by atoms with E-state index < -0.39 is 0 Å². The van der Waals surface area contributed by atoms with Crippen molar-refractivity contribution in [2.75, 3.05) is 0 Å². The molecule has 1 aromatic rings. The van der Waals surface area contributed by atoms with Gasteiger partial charge in [0.2, 0.25) is 0 Å². The molecule has 0 heterocycles. The Bertz CT molecular complexity index is 447. The molecule has 0 amide bonds. The van der Waals surface area contributed by atoms with E-state index in [9.17, 15) is 4.79 Å². The molecule has 0 atom stereocenters. The molecule has 2 N–H and O–H groups in total. The number of carbonyl (C=O) groups excluding carboxylic acids is 1. The quantitative estimate of drug-likeness (QED) is 0.838. The fraction of sp³-hybridized carbons (Fsp3) is 0.588.